The van der Waals surface area contributed by atoms with Crippen LogP contribution in [0.4, 0.5) is 4.79 Å². The SMILES string of the molecule is COc1ccccc1C(CNC(=O)NC1CC1)N(C)C. The van der Waals surface area contributed by atoms with Gasteiger partial charge in [0.1, 0.15) is 5.75 Å². The second-order valence-corrected chi connectivity index (χ2v) is 5.35. The molecule has 0 radical (unpaired) electrons. The Morgan fingerprint density at radius 2 is 2.10 bits per heavy atom. The summed E-state index contributed by atoms with van der Waals surface area (Å²) in [6, 6.07) is 8.27. The van der Waals surface area contributed by atoms with Gasteiger partial charge in [-0.1, -0.05) is 18.2 Å². The van der Waals surface area contributed by atoms with Crippen molar-refractivity contribution in [3.63, 3.8) is 0 Å². The van der Waals surface area contributed by atoms with Crippen LogP contribution in [-0.4, -0.2) is 44.7 Å². The molecule has 2 N–H and O–H groups in total. The largest absolute Gasteiger partial charge is 0.496 e. The summed E-state index contributed by atoms with van der Waals surface area (Å²) in [7, 11) is 5.66. The first-order valence-electron chi connectivity index (χ1n) is 6.95. The zero-order chi connectivity index (χ0) is 14.5. The maximum Gasteiger partial charge on any atom is 0.315 e. The van der Waals surface area contributed by atoms with E-state index in [-0.39, 0.29) is 12.1 Å². The second kappa shape index (κ2) is 6.61. The maximum atomic E-state index is 11.7. The summed E-state index contributed by atoms with van der Waals surface area (Å²) in [5, 5.41) is 5.87. The van der Waals surface area contributed by atoms with Gasteiger partial charge in [0, 0.05) is 18.2 Å². The standard InChI is InChI=1S/C15H23N3O2/c1-18(2)13(10-16-15(19)17-11-8-9-11)12-6-4-5-7-14(12)20-3/h4-7,11,13H,8-10H2,1-3H3,(H2,16,17,19). The molecule has 1 aliphatic carbocycles. The van der Waals surface area contributed by atoms with Crippen molar-refractivity contribution in [1.29, 1.82) is 0 Å². The number of ether oxygens (including phenoxy) is 1. The molecule has 110 valence electrons. The second-order valence-electron chi connectivity index (χ2n) is 5.35. The van der Waals surface area contributed by atoms with Crippen molar-refractivity contribution in [1.82, 2.24) is 15.5 Å². The van der Waals surface area contributed by atoms with Crippen molar-refractivity contribution in [2.75, 3.05) is 27.7 Å². The number of nitrogens with zero attached hydrogens (tertiary/aromatic N) is 1. The van der Waals surface area contributed by atoms with E-state index in [0.29, 0.717) is 12.6 Å². The van der Waals surface area contributed by atoms with Crippen LogP contribution in [0.2, 0.25) is 0 Å². The molecule has 1 saturated carbocycles. The molecular formula is C15H23N3O2. The Kier molecular flexibility index (Phi) is 4.84. The molecule has 2 amide bonds. The summed E-state index contributed by atoms with van der Waals surface area (Å²) in [4.78, 5) is 13.8. The Hall–Kier alpha value is -1.75. The van der Waals surface area contributed by atoms with Crippen LogP contribution in [-0.2, 0) is 0 Å². The quantitative estimate of drug-likeness (QED) is 0.833. The van der Waals surface area contributed by atoms with E-state index >= 15 is 0 Å². The van der Waals surface area contributed by atoms with Crippen LogP contribution in [0.5, 0.6) is 5.75 Å². The van der Waals surface area contributed by atoms with Crippen molar-refractivity contribution in [2.45, 2.75) is 24.9 Å². The van der Waals surface area contributed by atoms with E-state index in [4.69, 9.17) is 4.74 Å². The number of methoxy groups -OCH3 is 1. The number of benzene rings is 1. The fourth-order valence-electron chi connectivity index (χ4n) is 2.17. The molecule has 0 aromatic heterocycles. The average molecular weight is 277 g/mol. The molecule has 1 atom stereocenters. The molecule has 0 aliphatic heterocycles. The highest BCUT2D eigenvalue weighted by molar-refractivity contribution is 5.74. The Morgan fingerprint density at radius 3 is 2.70 bits per heavy atom. The predicted molar refractivity (Wildman–Crippen MR) is 79.0 cm³/mol. The summed E-state index contributed by atoms with van der Waals surface area (Å²) in [5.41, 5.74) is 1.08. The average Bonchev–Trinajstić information content (AvgIpc) is 3.23. The fourth-order valence-corrected chi connectivity index (χ4v) is 2.17. The van der Waals surface area contributed by atoms with Gasteiger partial charge < -0.3 is 20.3 Å². The number of para-hydroxylation sites is 1. The van der Waals surface area contributed by atoms with Gasteiger partial charge in [-0.3, -0.25) is 0 Å². The van der Waals surface area contributed by atoms with Gasteiger partial charge >= 0.3 is 6.03 Å². The monoisotopic (exact) mass is 277 g/mol. The Morgan fingerprint density at radius 1 is 1.40 bits per heavy atom. The van der Waals surface area contributed by atoms with Crippen molar-refractivity contribution < 1.29 is 9.53 Å². The molecule has 1 aromatic rings. The molecule has 0 heterocycles. The molecule has 0 spiro atoms. The number of nitrogens with one attached hydrogen (secondary N) is 2. The van der Waals surface area contributed by atoms with E-state index < -0.39 is 0 Å². The molecule has 5 heteroatoms. The third-order valence-corrected chi connectivity index (χ3v) is 3.49. The van der Waals surface area contributed by atoms with Crippen LogP contribution in [0.25, 0.3) is 0 Å². The Balaban J connectivity index is 2.00. The van der Waals surface area contributed by atoms with Gasteiger partial charge in [0.2, 0.25) is 0 Å². The molecule has 1 unspecified atom stereocenters. The van der Waals surface area contributed by atoms with Crippen LogP contribution in [0, 0.1) is 0 Å². The lowest BCUT2D eigenvalue weighted by Crippen LogP contribution is -2.41. The lowest BCUT2D eigenvalue weighted by atomic mass is 10.0. The first-order chi connectivity index (χ1) is 9.61. The zero-order valence-corrected chi connectivity index (χ0v) is 12.3. The third kappa shape index (κ3) is 3.87. The van der Waals surface area contributed by atoms with E-state index in [1.165, 1.54) is 0 Å². The molecule has 2 rings (SSSR count). The number of urea groups is 1. The fraction of sp³-hybridized carbons (Fsp3) is 0.533. The van der Waals surface area contributed by atoms with Gasteiger partial charge in [0.05, 0.1) is 13.2 Å². The number of carbonyl (C=O) groups excluding carboxylic acids is 1. The topological polar surface area (TPSA) is 53.6 Å². The van der Waals surface area contributed by atoms with Crippen LogP contribution in [0.1, 0.15) is 24.4 Å². The number of amides is 2. The normalized spacial score (nSPS) is 15.8. The molecule has 20 heavy (non-hydrogen) atoms. The van der Waals surface area contributed by atoms with Gasteiger partial charge in [-0.2, -0.15) is 0 Å². The highest BCUT2D eigenvalue weighted by Gasteiger charge is 2.24. The van der Waals surface area contributed by atoms with Crippen molar-refractivity contribution >= 4 is 6.03 Å². The minimum Gasteiger partial charge on any atom is -0.496 e. The lowest BCUT2D eigenvalue weighted by Gasteiger charge is -2.26. The van der Waals surface area contributed by atoms with E-state index in [9.17, 15) is 4.79 Å². The molecule has 1 fully saturated rings. The summed E-state index contributed by atoms with van der Waals surface area (Å²) in [6.07, 6.45) is 2.19. The molecular weight excluding hydrogens is 254 g/mol. The third-order valence-electron chi connectivity index (χ3n) is 3.49. The molecule has 1 aromatic carbocycles. The van der Waals surface area contributed by atoms with E-state index in [0.717, 1.165) is 24.2 Å². The van der Waals surface area contributed by atoms with Crippen LogP contribution in [0.15, 0.2) is 24.3 Å². The maximum absolute atomic E-state index is 11.7. The highest BCUT2D eigenvalue weighted by atomic mass is 16.5. The zero-order valence-electron chi connectivity index (χ0n) is 12.3. The minimum atomic E-state index is -0.0887. The highest BCUT2D eigenvalue weighted by Crippen LogP contribution is 2.27. The van der Waals surface area contributed by atoms with Crippen LogP contribution >= 0.6 is 0 Å². The van der Waals surface area contributed by atoms with Crippen molar-refractivity contribution in [3.05, 3.63) is 29.8 Å². The smallest absolute Gasteiger partial charge is 0.315 e. The number of likely N-dealkylation sites (N-methyl/N-ethyl adjacent to an activating group) is 1. The van der Waals surface area contributed by atoms with E-state index in [1.807, 2.05) is 38.4 Å². The van der Waals surface area contributed by atoms with E-state index in [2.05, 4.69) is 15.5 Å². The van der Waals surface area contributed by atoms with Crippen LogP contribution < -0.4 is 15.4 Å². The van der Waals surface area contributed by atoms with Gasteiger partial charge in [-0.05, 0) is 33.0 Å². The molecule has 0 saturated heterocycles. The number of hydrogen-bond acceptors (Lipinski definition) is 3. The van der Waals surface area contributed by atoms with E-state index in [1.54, 1.807) is 7.11 Å². The van der Waals surface area contributed by atoms with Gasteiger partial charge in [0.15, 0.2) is 0 Å². The van der Waals surface area contributed by atoms with Crippen molar-refractivity contribution in [2.24, 2.45) is 0 Å². The van der Waals surface area contributed by atoms with Gasteiger partial charge in [0.25, 0.3) is 0 Å². The summed E-state index contributed by atoms with van der Waals surface area (Å²) >= 11 is 0. The number of rotatable bonds is 6. The molecule has 5 nitrogen and oxygen atoms in total. The van der Waals surface area contributed by atoms with Crippen LogP contribution in [0.3, 0.4) is 0 Å². The Bertz CT molecular complexity index is 458. The number of carbonyl (C=O) groups is 1. The number of hydrogen-bond donors (Lipinski definition) is 2. The first kappa shape index (κ1) is 14.7. The lowest BCUT2D eigenvalue weighted by molar-refractivity contribution is 0.231. The van der Waals surface area contributed by atoms with Gasteiger partial charge in [-0.15, -0.1) is 0 Å². The minimum absolute atomic E-state index is 0.0797. The van der Waals surface area contributed by atoms with Gasteiger partial charge in [-0.25, -0.2) is 4.79 Å². The molecule has 0 bridgehead atoms. The predicted octanol–water partition coefficient (Wildman–Crippen LogP) is 1.76. The summed E-state index contributed by atoms with van der Waals surface area (Å²) in [5.74, 6) is 0.843. The first-order valence-corrected chi connectivity index (χ1v) is 6.95. The Labute approximate surface area is 120 Å². The van der Waals surface area contributed by atoms with Crippen molar-refractivity contribution in [3.8, 4) is 5.75 Å². The summed E-state index contributed by atoms with van der Waals surface area (Å²) in [6.45, 7) is 0.548. The summed E-state index contributed by atoms with van der Waals surface area (Å²) < 4.78 is 5.40. The molecule has 1 aliphatic rings.